The van der Waals surface area contributed by atoms with Crippen molar-refractivity contribution in [3.8, 4) is 0 Å². The highest BCUT2D eigenvalue weighted by Gasteiger charge is 2.11. The van der Waals surface area contributed by atoms with Gasteiger partial charge in [0.25, 0.3) is 0 Å². The average Bonchev–Trinajstić information content (AvgIpc) is 3.49. The summed E-state index contributed by atoms with van der Waals surface area (Å²) >= 11 is 0. The van der Waals surface area contributed by atoms with Crippen LogP contribution in [0.15, 0.2) is 42.5 Å². The van der Waals surface area contributed by atoms with E-state index in [2.05, 4.69) is 83.7 Å². The summed E-state index contributed by atoms with van der Waals surface area (Å²) in [6, 6.07) is 14.6. The van der Waals surface area contributed by atoms with Crippen molar-refractivity contribution >= 4 is 46.4 Å². The number of hydrogen-bond acceptors (Lipinski definition) is 2. The lowest BCUT2D eigenvalue weighted by molar-refractivity contribution is 0.714. The molecule has 8 bridgehead atoms. The van der Waals surface area contributed by atoms with Gasteiger partial charge < -0.3 is 9.97 Å². The minimum Gasteiger partial charge on any atom is -0.355 e. The molecule has 0 unspecified atom stereocenters. The van der Waals surface area contributed by atoms with Gasteiger partial charge in [-0.05, 0) is 79.6 Å². The highest BCUT2D eigenvalue weighted by molar-refractivity contribution is 5.79. The van der Waals surface area contributed by atoms with Gasteiger partial charge in [-0.1, -0.05) is 19.8 Å². The molecule has 0 aromatic carbocycles. The van der Waals surface area contributed by atoms with E-state index in [-0.39, 0.29) is 0 Å². The molecule has 0 fully saturated rings. The van der Waals surface area contributed by atoms with Crippen LogP contribution in [0.1, 0.15) is 54.5 Å². The third-order valence-electron chi connectivity index (χ3n) is 5.35. The summed E-state index contributed by atoms with van der Waals surface area (Å²) < 4.78 is 0. The topological polar surface area (TPSA) is 57.4 Å². The van der Waals surface area contributed by atoms with Gasteiger partial charge >= 0.3 is 0 Å². The van der Waals surface area contributed by atoms with Crippen LogP contribution in [-0.2, 0) is 6.42 Å². The van der Waals surface area contributed by atoms with Crippen LogP contribution in [0.25, 0.3) is 46.4 Å². The number of hydrogen-bond donors (Lipinski definition) is 2. The number of fused-ring (bicyclic) bond motifs is 8. The van der Waals surface area contributed by atoms with Gasteiger partial charge in [-0.3, -0.25) is 0 Å². The molecular formula is C25H24N4. The lowest BCUT2D eigenvalue weighted by atomic mass is 10.0. The van der Waals surface area contributed by atoms with Crippen LogP contribution in [0.4, 0.5) is 0 Å². The second-order valence-corrected chi connectivity index (χ2v) is 7.62. The first kappa shape index (κ1) is 17.7. The van der Waals surface area contributed by atoms with Crippen LogP contribution >= 0.6 is 0 Å². The zero-order chi connectivity index (χ0) is 19.6. The molecule has 5 heterocycles. The summed E-state index contributed by atoms with van der Waals surface area (Å²) in [6.07, 6.45) is 13.0. The molecule has 3 aromatic rings. The van der Waals surface area contributed by atoms with Gasteiger partial charge in [0, 0.05) is 27.6 Å². The molecule has 0 spiro atoms. The van der Waals surface area contributed by atoms with Crippen LogP contribution in [-0.4, -0.2) is 19.9 Å². The summed E-state index contributed by atoms with van der Waals surface area (Å²) in [5.41, 5.74) is 9.45. The normalized spacial score (nSPS) is 12.6. The Morgan fingerprint density at radius 1 is 0.655 bits per heavy atom. The minimum absolute atomic E-state index is 0.967. The quantitative estimate of drug-likeness (QED) is 0.355. The molecule has 0 saturated carbocycles. The maximum absolute atomic E-state index is 4.90. The molecule has 0 saturated heterocycles. The third kappa shape index (κ3) is 3.79. The standard InChI is InChI=1S/C25H24N4/c1-2-3-4-5-23-24-12-10-21(28-24)15-19-8-6-17(26-19)14-18-7-9-20(27-18)16-22-11-13-25(23)29-22/h6-16,26-27H,2-5H2,1H3. The van der Waals surface area contributed by atoms with Crippen LogP contribution in [0.5, 0.6) is 0 Å². The first-order chi connectivity index (χ1) is 14.3. The smallest absolute Gasteiger partial charge is 0.0691 e. The highest BCUT2D eigenvalue weighted by Crippen LogP contribution is 2.24. The van der Waals surface area contributed by atoms with E-state index in [9.17, 15) is 0 Å². The van der Waals surface area contributed by atoms with Crippen LogP contribution in [0, 0.1) is 0 Å². The van der Waals surface area contributed by atoms with Gasteiger partial charge in [-0.25, -0.2) is 9.97 Å². The predicted octanol–water partition coefficient (Wildman–Crippen LogP) is 6.39. The van der Waals surface area contributed by atoms with Crippen molar-refractivity contribution in [3.05, 3.63) is 70.8 Å². The van der Waals surface area contributed by atoms with Crippen molar-refractivity contribution < 1.29 is 0 Å². The van der Waals surface area contributed by atoms with Crippen molar-refractivity contribution in [2.75, 3.05) is 0 Å². The first-order valence-electron chi connectivity index (χ1n) is 10.3. The van der Waals surface area contributed by atoms with Gasteiger partial charge in [-0.15, -0.1) is 0 Å². The Labute approximate surface area is 170 Å². The van der Waals surface area contributed by atoms with Gasteiger partial charge in [0.15, 0.2) is 0 Å². The maximum atomic E-state index is 4.90. The molecule has 3 aromatic heterocycles. The van der Waals surface area contributed by atoms with E-state index in [0.29, 0.717) is 0 Å². The fraction of sp³-hybridized carbons (Fsp3) is 0.200. The Hall–Kier alpha value is -3.40. The van der Waals surface area contributed by atoms with Crippen LogP contribution in [0.2, 0.25) is 0 Å². The van der Waals surface area contributed by atoms with Gasteiger partial charge in [0.1, 0.15) is 0 Å². The average molecular weight is 380 g/mol. The van der Waals surface area contributed by atoms with Gasteiger partial charge in [0.2, 0.25) is 0 Å². The fourth-order valence-corrected chi connectivity index (χ4v) is 3.87. The monoisotopic (exact) mass is 380 g/mol. The Kier molecular flexibility index (Phi) is 4.60. The number of unbranched alkanes of at least 4 members (excludes halogenated alkanes) is 2. The summed E-state index contributed by atoms with van der Waals surface area (Å²) in [6.45, 7) is 2.23. The Morgan fingerprint density at radius 3 is 1.69 bits per heavy atom. The van der Waals surface area contributed by atoms with E-state index in [0.717, 1.165) is 57.7 Å². The zero-order valence-electron chi connectivity index (χ0n) is 16.6. The van der Waals surface area contributed by atoms with Crippen molar-refractivity contribution in [3.63, 3.8) is 0 Å². The molecule has 4 nitrogen and oxygen atoms in total. The first-order valence-corrected chi connectivity index (χ1v) is 10.3. The van der Waals surface area contributed by atoms with E-state index in [4.69, 9.17) is 9.97 Å². The summed E-state index contributed by atoms with van der Waals surface area (Å²) in [5.74, 6) is 0. The summed E-state index contributed by atoms with van der Waals surface area (Å²) in [7, 11) is 0. The van der Waals surface area contributed by atoms with Gasteiger partial charge in [-0.2, -0.15) is 0 Å². The van der Waals surface area contributed by atoms with Crippen molar-refractivity contribution in [1.29, 1.82) is 0 Å². The Balaban J connectivity index is 1.77. The van der Waals surface area contributed by atoms with E-state index in [1.54, 1.807) is 0 Å². The number of H-pyrrole nitrogens is 2. The molecule has 2 aliphatic heterocycles. The van der Waals surface area contributed by atoms with E-state index < -0.39 is 0 Å². The molecule has 144 valence electrons. The SMILES string of the molecule is CCCCCc1c2nc(cc3ccc(cc4ccc(cc5nc1C=C5)[nH]4)[nH]3)C=C2. The largest absolute Gasteiger partial charge is 0.355 e. The van der Waals surface area contributed by atoms with Crippen LogP contribution in [0.3, 0.4) is 0 Å². The highest BCUT2D eigenvalue weighted by atomic mass is 14.8. The molecule has 4 heteroatoms. The molecule has 0 amide bonds. The Bertz CT molecular complexity index is 1180. The lowest BCUT2D eigenvalue weighted by Gasteiger charge is -2.03. The molecule has 0 radical (unpaired) electrons. The molecule has 2 aliphatic rings. The number of nitrogens with one attached hydrogen (secondary N) is 2. The number of aromatic amines is 2. The third-order valence-corrected chi connectivity index (χ3v) is 5.35. The molecule has 29 heavy (non-hydrogen) atoms. The zero-order valence-corrected chi connectivity index (χ0v) is 16.6. The van der Waals surface area contributed by atoms with E-state index in [1.807, 2.05) is 0 Å². The Morgan fingerprint density at radius 2 is 1.17 bits per heavy atom. The van der Waals surface area contributed by atoms with Crippen LogP contribution < -0.4 is 0 Å². The summed E-state index contributed by atoms with van der Waals surface area (Å²) in [4.78, 5) is 16.7. The predicted molar refractivity (Wildman–Crippen MR) is 122 cm³/mol. The summed E-state index contributed by atoms with van der Waals surface area (Å²) in [5, 5.41) is 0. The molecular weight excluding hydrogens is 356 g/mol. The number of rotatable bonds is 4. The molecule has 0 aliphatic carbocycles. The van der Waals surface area contributed by atoms with Gasteiger partial charge in [0.05, 0.1) is 22.8 Å². The molecule has 0 atom stereocenters. The van der Waals surface area contributed by atoms with E-state index >= 15 is 0 Å². The van der Waals surface area contributed by atoms with E-state index in [1.165, 1.54) is 18.4 Å². The number of aromatic nitrogens is 4. The number of nitrogens with zero attached hydrogens (tertiary/aromatic N) is 2. The lowest BCUT2D eigenvalue weighted by Crippen LogP contribution is -1.94. The van der Waals surface area contributed by atoms with Crippen molar-refractivity contribution in [1.82, 2.24) is 19.9 Å². The van der Waals surface area contributed by atoms with Crippen molar-refractivity contribution in [2.24, 2.45) is 0 Å². The second-order valence-electron chi connectivity index (χ2n) is 7.62. The molecule has 2 N–H and O–H groups in total. The maximum Gasteiger partial charge on any atom is 0.0691 e. The second kappa shape index (κ2) is 7.55. The fourth-order valence-electron chi connectivity index (χ4n) is 3.87. The molecule has 5 rings (SSSR count). The minimum atomic E-state index is 0.967. The van der Waals surface area contributed by atoms with Crippen molar-refractivity contribution in [2.45, 2.75) is 32.6 Å².